The summed E-state index contributed by atoms with van der Waals surface area (Å²) in [6.07, 6.45) is 1.39. The van der Waals surface area contributed by atoms with Gasteiger partial charge in [-0.2, -0.15) is 0 Å². The normalized spacial score (nSPS) is 10.6. The largest absolute Gasteiger partial charge is 0.480 e. The summed E-state index contributed by atoms with van der Waals surface area (Å²) in [5, 5.41) is 9.48. The third kappa shape index (κ3) is 2.94. The van der Waals surface area contributed by atoms with Gasteiger partial charge >= 0.3 is 5.97 Å². The lowest BCUT2D eigenvalue weighted by Gasteiger charge is -2.13. The fraction of sp³-hybridized carbons (Fsp3) is 0.385. The number of carbonyl (C=O) groups excluding carboxylic acids is 1. The molecule has 0 saturated heterocycles. The number of thiophene rings is 1. The van der Waals surface area contributed by atoms with Crippen LogP contribution in [0, 0.1) is 6.92 Å². The number of amides is 1. The second-order valence-electron chi connectivity index (χ2n) is 4.40. The molecule has 0 unspecified atom stereocenters. The molecule has 0 aromatic carbocycles. The van der Waals surface area contributed by atoms with E-state index in [1.54, 1.807) is 6.92 Å². The Morgan fingerprint density at radius 3 is 2.76 bits per heavy atom. The van der Waals surface area contributed by atoms with Crippen LogP contribution in [0.2, 0.25) is 0 Å². The van der Waals surface area contributed by atoms with Gasteiger partial charge in [0.25, 0.3) is 5.91 Å². The van der Waals surface area contributed by atoms with E-state index in [1.165, 1.54) is 24.7 Å². The maximum absolute atomic E-state index is 12.3. The van der Waals surface area contributed by atoms with Gasteiger partial charge in [-0.3, -0.25) is 9.59 Å². The molecule has 0 fully saturated rings. The van der Waals surface area contributed by atoms with E-state index in [0.29, 0.717) is 33.1 Å². The van der Waals surface area contributed by atoms with Crippen molar-refractivity contribution in [2.24, 2.45) is 0 Å². The van der Waals surface area contributed by atoms with Gasteiger partial charge in [-0.25, -0.2) is 9.97 Å². The van der Waals surface area contributed by atoms with Crippen molar-refractivity contribution in [2.45, 2.75) is 13.8 Å². The molecule has 2 rings (SSSR count). The van der Waals surface area contributed by atoms with E-state index in [9.17, 15) is 9.59 Å². The van der Waals surface area contributed by atoms with Crippen LogP contribution in [0.25, 0.3) is 10.2 Å². The molecule has 112 valence electrons. The molecular formula is C13H15N3O4S. The molecule has 8 heteroatoms. The number of carboxylic acids is 1. The molecule has 21 heavy (non-hydrogen) atoms. The van der Waals surface area contributed by atoms with Crippen LogP contribution >= 0.6 is 11.3 Å². The number of aryl methyl sites for hydroxylation is 1. The van der Waals surface area contributed by atoms with E-state index < -0.39 is 5.97 Å². The monoisotopic (exact) mass is 309 g/mol. The van der Waals surface area contributed by atoms with E-state index in [4.69, 9.17) is 9.84 Å². The number of aromatic nitrogens is 2. The molecule has 2 aromatic heterocycles. The third-order valence-corrected chi connectivity index (χ3v) is 4.07. The first-order valence-electron chi connectivity index (χ1n) is 6.29. The summed E-state index contributed by atoms with van der Waals surface area (Å²) < 4.78 is 5.45. The molecule has 0 saturated carbocycles. The van der Waals surface area contributed by atoms with Gasteiger partial charge < -0.3 is 14.7 Å². The van der Waals surface area contributed by atoms with Crippen molar-refractivity contribution in [2.75, 3.05) is 20.2 Å². The topological polar surface area (TPSA) is 92.6 Å². The predicted octanol–water partition coefficient (Wildman–Crippen LogP) is 1.56. The van der Waals surface area contributed by atoms with Gasteiger partial charge in [-0.1, -0.05) is 0 Å². The molecule has 0 aliphatic rings. The zero-order chi connectivity index (χ0) is 15.6. The standard InChI is InChI=1S/C13H15N3O4S/c1-4-20-11-9-7(2)10(21-12(9)15-6-14-11)13(19)16(3)5-8(17)18/h6H,4-5H2,1-3H3,(H,17,18). The van der Waals surface area contributed by atoms with Gasteiger partial charge in [0.05, 0.1) is 16.9 Å². The van der Waals surface area contributed by atoms with Crippen LogP contribution in [0.3, 0.4) is 0 Å². The number of rotatable bonds is 5. The number of carbonyl (C=O) groups is 2. The van der Waals surface area contributed by atoms with E-state index in [-0.39, 0.29) is 12.5 Å². The second-order valence-corrected chi connectivity index (χ2v) is 5.40. The van der Waals surface area contributed by atoms with Crippen LogP contribution < -0.4 is 4.74 Å². The summed E-state index contributed by atoms with van der Waals surface area (Å²) >= 11 is 1.21. The Hall–Kier alpha value is -2.22. The fourth-order valence-electron chi connectivity index (χ4n) is 1.94. The molecule has 1 amide bonds. The van der Waals surface area contributed by atoms with Crippen molar-refractivity contribution < 1.29 is 19.4 Å². The third-order valence-electron chi connectivity index (χ3n) is 2.89. The average molecular weight is 309 g/mol. The molecule has 0 spiro atoms. The lowest BCUT2D eigenvalue weighted by atomic mass is 10.2. The number of carboxylic acid groups (broad SMARTS) is 1. The first-order chi connectivity index (χ1) is 9.95. The Bertz CT molecular complexity index is 698. The predicted molar refractivity (Wildman–Crippen MR) is 77.9 cm³/mol. The van der Waals surface area contributed by atoms with Gasteiger partial charge in [0.1, 0.15) is 17.7 Å². The van der Waals surface area contributed by atoms with Crippen molar-refractivity contribution in [1.82, 2.24) is 14.9 Å². The average Bonchev–Trinajstić information content (AvgIpc) is 2.76. The molecule has 0 aliphatic carbocycles. The number of fused-ring (bicyclic) bond motifs is 1. The van der Waals surface area contributed by atoms with Crippen LogP contribution in [-0.2, 0) is 4.79 Å². The Balaban J connectivity index is 2.46. The Kier molecular flexibility index (Phi) is 4.37. The summed E-state index contributed by atoms with van der Waals surface area (Å²) in [7, 11) is 1.45. The van der Waals surface area contributed by atoms with E-state index in [2.05, 4.69) is 9.97 Å². The van der Waals surface area contributed by atoms with Crippen LogP contribution in [0.5, 0.6) is 5.88 Å². The van der Waals surface area contributed by atoms with Crippen molar-refractivity contribution >= 4 is 33.4 Å². The molecule has 2 aromatic rings. The highest BCUT2D eigenvalue weighted by molar-refractivity contribution is 7.20. The molecule has 0 aliphatic heterocycles. The fourth-order valence-corrected chi connectivity index (χ4v) is 3.07. The molecule has 1 N–H and O–H groups in total. The number of nitrogens with zero attached hydrogens (tertiary/aromatic N) is 3. The number of aliphatic carboxylic acids is 1. The molecule has 0 atom stereocenters. The Morgan fingerprint density at radius 2 is 2.14 bits per heavy atom. The van der Waals surface area contributed by atoms with Crippen molar-refractivity contribution in [3.05, 3.63) is 16.8 Å². The molecule has 7 nitrogen and oxygen atoms in total. The number of hydrogen-bond donors (Lipinski definition) is 1. The van der Waals surface area contributed by atoms with Crippen molar-refractivity contribution in [3.63, 3.8) is 0 Å². The first-order valence-corrected chi connectivity index (χ1v) is 7.11. The number of hydrogen-bond acceptors (Lipinski definition) is 6. The first kappa shape index (κ1) is 15.2. The van der Waals surface area contributed by atoms with Gasteiger partial charge in [0.15, 0.2) is 0 Å². The molecule has 2 heterocycles. The van der Waals surface area contributed by atoms with Gasteiger partial charge in [0, 0.05) is 7.05 Å². The van der Waals surface area contributed by atoms with Gasteiger partial charge in [0.2, 0.25) is 5.88 Å². The highest BCUT2D eigenvalue weighted by Crippen LogP contribution is 2.34. The van der Waals surface area contributed by atoms with E-state index >= 15 is 0 Å². The van der Waals surface area contributed by atoms with Crippen molar-refractivity contribution in [3.8, 4) is 5.88 Å². The van der Waals surface area contributed by atoms with Crippen LogP contribution in [0.1, 0.15) is 22.2 Å². The minimum absolute atomic E-state index is 0.347. The van der Waals surface area contributed by atoms with Crippen LogP contribution in [-0.4, -0.2) is 52.1 Å². The lowest BCUT2D eigenvalue weighted by molar-refractivity contribution is -0.137. The molecule has 0 bridgehead atoms. The van der Waals surface area contributed by atoms with E-state index in [1.807, 2.05) is 6.92 Å². The second kappa shape index (κ2) is 6.04. The quantitative estimate of drug-likeness (QED) is 0.901. The smallest absolute Gasteiger partial charge is 0.323 e. The number of likely N-dealkylation sites (N-methyl/N-ethyl adjacent to an activating group) is 1. The summed E-state index contributed by atoms with van der Waals surface area (Å²) in [5.41, 5.74) is 0.710. The highest BCUT2D eigenvalue weighted by Gasteiger charge is 2.23. The van der Waals surface area contributed by atoms with Crippen molar-refractivity contribution in [1.29, 1.82) is 0 Å². The maximum Gasteiger partial charge on any atom is 0.323 e. The minimum Gasteiger partial charge on any atom is -0.480 e. The lowest BCUT2D eigenvalue weighted by Crippen LogP contribution is -2.31. The zero-order valence-corrected chi connectivity index (χ0v) is 12.7. The van der Waals surface area contributed by atoms with Gasteiger partial charge in [-0.15, -0.1) is 11.3 Å². The summed E-state index contributed by atoms with van der Waals surface area (Å²) in [4.78, 5) is 33.5. The zero-order valence-electron chi connectivity index (χ0n) is 11.9. The summed E-state index contributed by atoms with van der Waals surface area (Å²) in [6.45, 7) is 3.75. The Labute approximate surface area is 125 Å². The SMILES string of the molecule is CCOc1ncnc2sc(C(=O)N(C)CC(=O)O)c(C)c12. The highest BCUT2D eigenvalue weighted by atomic mass is 32.1. The van der Waals surface area contributed by atoms with Gasteiger partial charge in [-0.05, 0) is 19.4 Å². The molecule has 0 radical (unpaired) electrons. The minimum atomic E-state index is -1.06. The Morgan fingerprint density at radius 1 is 1.43 bits per heavy atom. The van der Waals surface area contributed by atoms with Crippen LogP contribution in [0.15, 0.2) is 6.33 Å². The number of ether oxygens (including phenoxy) is 1. The summed E-state index contributed by atoms with van der Waals surface area (Å²) in [5.74, 6) is -0.962. The maximum atomic E-state index is 12.3. The van der Waals surface area contributed by atoms with Crippen LogP contribution in [0.4, 0.5) is 0 Å². The van der Waals surface area contributed by atoms with E-state index in [0.717, 1.165) is 4.90 Å². The molecular weight excluding hydrogens is 294 g/mol. The summed E-state index contributed by atoms with van der Waals surface area (Å²) in [6, 6.07) is 0.